The maximum absolute atomic E-state index is 11.6. The summed E-state index contributed by atoms with van der Waals surface area (Å²) in [6.07, 6.45) is -1.26. The Kier molecular flexibility index (Phi) is 5.65. The molecule has 6 nitrogen and oxygen atoms in total. The molecule has 0 atom stereocenters. The summed E-state index contributed by atoms with van der Waals surface area (Å²) in [5, 5.41) is 10.3. The molecule has 0 aromatic carbocycles. The van der Waals surface area contributed by atoms with Crippen LogP contribution in [0.5, 0.6) is 0 Å². The van der Waals surface area contributed by atoms with E-state index < -0.39 is 12.1 Å². The van der Waals surface area contributed by atoms with Gasteiger partial charge in [-0.25, -0.2) is 14.6 Å². The minimum Gasteiger partial charge on any atom is -0.465 e. The Labute approximate surface area is 123 Å². The van der Waals surface area contributed by atoms with Crippen LogP contribution in [0.1, 0.15) is 23.1 Å². The number of esters is 1. The number of pyridine rings is 1. The van der Waals surface area contributed by atoms with Gasteiger partial charge in [-0.1, -0.05) is 34.8 Å². The molecule has 0 aliphatic carbocycles. The van der Waals surface area contributed by atoms with Gasteiger partial charge in [-0.2, -0.15) is 0 Å². The van der Waals surface area contributed by atoms with Crippen LogP contribution in [-0.2, 0) is 11.3 Å². The predicted octanol–water partition coefficient (Wildman–Crippen LogP) is 2.99. The minimum absolute atomic E-state index is 0.0199. The molecule has 19 heavy (non-hydrogen) atoms. The average Bonchev–Trinajstić information content (AvgIpc) is 2.35. The van der Waals surface area contributed by atoms with Crippen LogP contribution < -0.4 is 5.32 Å². The van der Waals surface area contributed by atoms with Gasteiger partial charge in [0.15, 0.2) is 5.69 Å². The molecule has 1 rings (SSSR count). The van der Waals surface area contributed by atoms with Gasteiger partial charge in [0.1, 0.15) is 0 Å². The largest absolute Gasteiger partial charge is 0.465 e. The SMILES string of the molecule is CCOC(=O)c1nc(CNC(=O)O)c(Cl)c(Cl)c1Cl. The zero-order chi connectivity index (χ0) is 14.6. The molecule has 1 aromatic rings. The minimum atomic E-state index is -1.26. The van der Waals surface area contributed by atoms with E-state index in [0.717, 1.165) is 0 Å². The third-order valence-electron chi connectivity index (χ3n) is 1.97. The van der Waals surface area contributed by atoms with E-state index in [1.54, 1.807) is 6.92 Å². The van der Waals surface area contributed by atoms with Crippen molar-refractivity contribution in [2.24, 2.45) is 0 Å². The molecule has 0 aliphatic heterocycles. The fraction of sp³-hybridized carbons (Fsp3) is 0.300. The van der Waals surface area contributed by atoms with Gasteiger partial charge >= 0.3 is 12.1 Å². The number of carbonyl (C=O) groups is 2. The second-order valence-corrected chi connectivity index (χ2v) is 4.36. The number of ether oxygens (including phenoxy) is 1. The van der Waals surface area contributed by atoms with E-state index in [1.165, 1.54) is 0 Å². The second kappa shape index (κ2) is 6.79. The fourth-order valence-corrected chi connectivity index (χ4v) is 1.84. The molecule has 1 heterocycles. The van der Waals surface area contributed by atoms with E-state index in [4.69, 9.17) is 44.6 Å². The summed E-state index contributed by atoms with van der Waals surface area (Å²) in [4.78, 5) is 25.9. The van der Waals surface area contributed by atoms with Gasteiger partial charge in [0.25, 0.3) is 0 Å². The number of nitrogens with one attached hydrogen (secondary N) is 1. The van der Waals surface area contributed by atoms with Crippen LogP contribution in [0.2, 0.25) is 15.1 Å². The lowest BCUT2D eigenvalue weighted by molar-refractivity contribution is 0.0519. The first kappa shape index (κ1) is 15.8. The third-order valence-corrected chi connectivity index (χ3v) is 3.32. The van der Waals surface area contributed by atoms with Crippen molar-refractivity contribution < 1.29 is 19.4 Å². The molecule has 0 bridgehead atoms. The van der Waals surface area contributed by atoms with E-state index in [9.17, 15) is 9.59 Å². The molecule has 0 aliphatic rings. The molecular formula is C10H9Cl3N2O4. The summed E-state index contributed by atoms with van der Waals surface area (Å²) < 4.78 is 4.76. The number of amides is 1. The Morgan fingerprint density at radius 1 is 1.26 bits per heavy atom. The Morgan fingerprint density at radius 2 is 1.89 bits per heavy atom. The van der Waals surface area contributed by atoms with E-state index in [1.807, 2.05) is 0 Å². The van der Waals surface area contributed by atoms with Crippen molar-refractivity contribution in [2.75, 3.05) is 6.61 Å². The van der Waals surface area contributed by atoms with Crippen LogP contribution in [0.15, 0.2) is 0 Å². The number of hydrogen-bond donors (Lipinski definition) is 2. The van der Waals surface area contributed by atoms with E-state index in [-0.39, 0.29) is 39.6 Å². The molecule has 2 N–H and O–H groups in total. The first-order valence-electron chi connectivity index (χ1n) is 5.05. The number of nitrogens with zero attached hydrogens (tertiary/aromatic N) is 1. The summed E-state index contributed by atoms with van der Waals surface area (Å²) in [7, 11) is 0. The highest BCUT2D eigenvalue weighted by Crippen LogP contribution is 2.34. The second-order valence-electron chi connectivity index (χ2n) is 3.23. The highest BCUT2D eigenvalue weighted by atomic mass is 35.5. The Balaban J connectivity index is 3.18. The van der Waals surface area contributed by atoms with E-state index >= 15 is 0 Å². The molecule has 0 fully saturated rings. The monoisotopic (exact) mass is 326 g/mol. The lowest BCUT2D eigenvalue weighted by atomic mass is 10.3. The van der Waals surface area contributed by atoms with Crippen LogP contribution in [-0.4, -0.2) is 28.8 Å². The van der Waals surface area contributed by atoms with Gasteiger partial charge < -0.3 is 15.2 Å². The summed E-state index contributed by atoms with van der Waals surface area (Å²) in [5.41, 5.74) is -0.123. The number of hydrogen-bond acceptors (Lipinski definition) is 4. The van der Waals surface area contributed by atoms with Crippen molar-refractivity contribution in [2.45, 2.75) is 13.5 Å². The predicted molar refractivity (Wildman–Crippen MR) is 70.1 cm³/mol. The lowest BCUT2D eigenvalue weighted by Crippen LogP contribution is -2.22. The standard InChI is InChI=1S/C10H9Cl3N2O4/c1-2-19-9(16)8-7(13)6(12)5(11)4(15-8)3-14-10(17)18/h14H,2-3H2,1H3,(H,17,18). The molecule has 0 unspecified atom stereocenters. The van der Waals surface area contributed by atoms with Crippen LogP contribution >= 0.6 is 34.8 Å². The van der Waals surface area contributed by atoms with Crippen molar-refractivity contribution in [3.05, 3.63) is 26.5 Å². The van der Waals surface area contributed by atoms with Gasteiger partial charge in [0, 0.05) is 0 Å². The maximum atomic E-state index is 11.6. The van der Waals surface area contributed by atoms with Crippen molar-refractivity contribution in [1.82, 2.24) is 10.3 Å². The van der Waals surface area contributed by atoms with Crippen molar-refractivity contribution in [3.8, 4) is 0 Å². The van der Waals surface area contributed by atoms with Gasteiger partial charge in [0.05, 0.1) is 33.9 Å². The Morgan fingerprint density at radius 3 is 2.42 bits per heavy atom. The first-order valence-corrected chi connectivity index (χ1v) is 6.19. The van der Waals surface area contributed by atoms with Crippen molar-refractivity contribution >= 4 is 46.9 Å². The van der Waals surface area contributed by atoms with Crippen LogP contribution in [0.25, 0.3) is 0 Å². The molecule has 0 saturated heterocycles. The smallest absolute Gasteiger partial charge is 0.404 e. The number of rotatable bonds is 4. The van der Waals surface area contributed by atoms with Crippen molar-refractivity contribution in [1.29, 1.82) is 0 Å². The number of carbonyl (C=O) groups excluding carboxylic acids is 1. The quantitative estimate of drug-likeness (QED) is 0.830. The molecule has 1 aromatic heterocycles. The molecule has 9 heteroatoms. The molecular weight excluding hydrogens is 318 g/mol. The highest BCUT2D eigenvalue weighted by Gasteiger charge is 2.21. The topological polar surface area (TPSA) is 88.5 Å². The summed E-state index contributed by atoms with van der Waals surface area (Å²) in [5.74, 6) is -0.761. The normalized spacial score (nSPS) is 10.1. The van der Waals surface area contributed by atoms with Crippen LogP contribution in [0.3, 0.4) is 0 Å². The zero-order valence-electron chi connectivity index (χ0n) is 9.67. The van der Waals surface area contributed by atoms with E-state index in [2.05, 4.69) is 10.3 Å². The molecule has 1 amide bonds. The third kappa shape index (κ3) is 3.86. The fourth-order valence-electron chi connectivity index (χ4n) is 1.17. The number of aromatic nitrogens is 1. The number of carboxylic acid groups (broad SMARTS) is 1. The first-order chi connectivity index (χ1) is 8.88. The van der Waals surface area contributed by atoms with Crippen LogP contribution in [0, 0.1) is 0 Å². The van der Waals surface area contributed by atoms with Gasteiger partial charge in [-0.05, 0) is 6.92 Å². The molecule has 0 spiro atoms. The maximum Gasteiger partial charge on any atom is 0.404 e. The van der Waals surface area contributed by atoms with Crippen molar-refractivity contribution in [3.63, 3.8) is 0 Å². The summed E-state index contributed by atoms with van der Waals surface area (Å²) in [6.45, 7) is 1.55. The van der Waals surface area contributed by atoms with Gasteiger partial charge in [0.2, 0.25) is 0 Å². The van der Waals surface area contributed by atoms with Gasteiger partial charge in [-0.3, -0.25) is 0 Å². The average molecular weight is 328 g/mol. The number of halogens is 3. The molecule has 0 saturated carbocycles. The van der Waals surface area contributed by atoms with E-state index in [0.29, 0.717) is 0 Å². The Hall–Kier alpha value is -1.24. The summed E-state index contributed by atoms with van der Waals surface area (Å²) >= 11 is 17.6. The lowest BCUT2D eigenvalue weighted by Gasteiger charge is -2.10. The van der Waals surface area contributed by atoms with Crippen LogP contribution in [0.4, 0.5) is 4.79 Å². The van der Waals surface area contributed by atoms with Gasteiger partial charge in [-0.15, -0.1) is 0 Å². The molecule has 104 valence electrons. The Bertz CT molecular complexity index is 522. The zero-order valence-corrected chi connectivity index (χ0v) is 11.9. The highest BCUT2D eigenvalue weighted by molar-refractivity contribution is 6.49. The molecule has 0 radical (unpaired) electrons. The summed E-state index contributed by atoms with van der Waals surface area (Å²) in [6, 6.07) is 0.